The Balaban J connectivity index is 1.57. The molecule has 1 amide bonds. The van der Waals surface area contributed by atoms with Crippen LogP contribution in [0.3, 0.4) is 0 Å². The van der Waals surface area contributed by atoms with Crippen molar-refractivity contribution in [3.63, 3.8) is 0 Å². The van der Waals surface area contributed by atoms with E-state index in [4.69, 9.17) is 25.5 Å². The number of anilines is 1. The number of carbonyl (C=O) groups is 2. The number of nitrogens with one attached hydrogen (secondary N) is 1. The first-order valence-corrected chi connectivity index (χ1v) is 10.9. The molecule has 176 valence electrons. The van der Waals surface area contributed by atoms with Crippen LogP contribution in [-0.4, -0.2) is 40.4 Å². The van der Waals surface area contributed by atoms with Crippen LogP contribution in [0.2, 0.25) is 5.02 Å². The number of benzene rings is 1. The molecule has 3 aromatic heterocycles. The van der Waals surface area contributed by atoms with Crippen molar-refractivity contribution in [2.45, 2.75) is 26.8 Å². The zero-order valence-corrected chi connectivity index (χ0v) is 19.8. The second-order valence-corrected chi connectivity index (χ2v) is 8.29. The highest BCUT2D eigenvalue weighted by Gasteiger charge is 2.21. The monoisotopic (exact) mass is 482 g/mol. The first-order chi connectivity index (χ1) is 16.3. The van der Waals surface area contributed by atoms with Gasteiger partial charge in [-0.25, -0.2) is 14.5 Å². The molecule has 9 nitrogen and oxygen atoms in total. The highest BCUT2D eigenvalue weighted by atomic mass is 35.5. The number of amides is 1. The largest absolute Gasteiger partial charge is 0.495 e. The Hall–Kier alpha value is -3.85. The number of methoxy groups -OCH3 is 1. The number of hydrogen-bond donors (Lipinski definition) is 1. The maximum atomic E-state index is 13.0. The van der Waals surface area contributed by atoms with Crippen molar-refractivity contribution in [2.75, 3.05) is 19.0 Å². The zero-order valence-electron chi connectivity index (χ0n) is 19.1. The summed E-state index contributed by atoms with van der Waals surface area (Å²) in [5.41, 5.74) is 2.40. The summed E-state index contributed by atoms with van der Waals surface area (Å²) >= 11 is 6.11. The van der Waals surface area contributed by atoms with Gasteiger partial charge in [-0.2, -0.15) is 5.10 Å². The molecule has 0 saturated heterocycles. The van der Waals surface area contributed by atoms with E-state index < -0.39 is 18.5 Å². The fraction of sp³-hybridized carbons (Fsp3) is 0.250. The van der Waals surface area contributed by atoms with Crippen LogP contribution in [0.5, 0.6) is 5.75 Å². The van der Waals surface area contributed by atoms with Crippen LogP contribution in [-0.2, 0) is 9.53 Å². The van der Waals surface area contributed by atoms with Gasteiger partial charge >= 0.3 is 5.97 Å². The number of aromatic nitrogens is 3. The number of esters is 1. The first kappa shape index (κ1) is 23.3. The lowest BCUT2D eigenvalue weighted by Crippen LogP contribution is -2.21. The molecule has 0 spiro atoms. The molecule has 0 radical (unpaired) electrons. The standard InChI is InChI=1S/C24H23ClN4O5/c1-13(2)29-23-16(11-26-29)15(9-19(28-23)20-6-5-7-33-20)24(31)34-12-22(30)27-18-8-14(3)17(25)10-21(18)32-4/h5-11,13H,12H2,1-4H3,(H,27,30). The maximum absolute atomic E-state index is 13.0. The molecule has 0 fully saturated rings. The molecule has 1 N–H and O–H groups in total. The predicted molar refractivity (Wildman–Crippen MR) is 127 cm³/mol. The van der Waals surface area contributed by atoms with E-state index in [1.54, 1.807) is 48.1 Å². The molecule has 34 heavy (non-hydrogen) atoms. The quantitative estimate of drug-likeness (QED) is 0.367. The highest BCUT2D eigenvalue weighted by molar-refractivity contribution is 6.31. The van der Waals surface area contributed by atoms with Crippen LogP contribution in [0, 0.1) is 6.92 Å². The van der Waals surface area contributed by atoms with E-state index in [9.17, 15) is 9.59 Å². The number of carbonyl (C=O) groups excluding carboxylic acids is 2. The van der Waals surface area contributed by atoms with Crippen molar-refractivity contribution in [1.82, 2.24) is 14.8 Å². The second kappa shape index (κ2) is 9.56. The Bertz CT molecular complexity index is 1360. The van der Waals surface area contributed by atoms with E-state index in [1.807, 2.05) is 13.8 Å². The van der Waals surface area contributed by atoms with Crippen molar-refractivity contribution in [1.29, 1.82) is 0 Å². The second-order valence-electron chi connectivity index (χ2n) is 7.88. The van der Waals surface area contributed by atoms with Gasteiger partial charge in [0.25, 0.3) is 5.91 Å². The molecule has 4 rings (SSSR count). The lowest BCUT2D eigenvalue weighted by molar-refractivity contribution is -0.119. The number of pyridine rings is 1. The fourth-order valence-electron chi connectivity index (χ4n) is 3.44. The molecule has 0 aliphatic heterocycles. The number of aryl methyl sites for hydroxylation is 1. The van der Waals surface area contributed by atoms with Gasteiger partial charge in [-0.05, 0) is 50.6 Å². The van der Waals surface area contributed by atoms with Gasteiger partial charge in [0.2, 0.25) is 0 Å². The van der Waals surface area contributed by atoms with Crippen molar-refractivity contribution in [3.8, 4) is 17.2 Å². The van der Waals surface area contributed by atoms with Gasteiger partial charge in [-0.3, -0.25) is 4.79 Å². The van der Waals surface area contributed by atoms with Crippen molar-refractivity contribution in [2.24, 2.45) is 0 Å². The van der Waals surface area contributed by atoms with Gasteiger partial charge in [0, 0.05) is 17.1 Å². The molecule has 0 bridgehead atoms. The van der Waals surface area contributed by atoms with E-state index >= 15 is 0 Å². The predicted octanol–water partition coefficient (Wildman–Crippen LogP) is 5.04. The Morgan fingerprint density at radius 3 is 2.74 bits per heavy atom. The minimum atomic E-state index is -0.682. The lowest BCUT2D eigenvalue weighted by atomic mass is 10.1. The van der Waals surface area contributed by atoms with Gasteiger partial charge in [-0.15, -0.1) is 0 Å². The van der Waals surface area contributed by atoms with Crippen LogP contribution < -0.4 is 10.1 Å². The topological polar surface area (TPSA) is 108 Å². The Morgan fingerprint density at radius 2 is 2.06 bits per heavy atom. The third kappa shape index (κ3) is 4.60. The third-order valence-corrected chi connectivity index (χ3v) is 5.55. The molecule has 0 aliphatic carbocycles. The smallest absolute Gasteiger partial charge is 0.339 e. The van der Waals surface area contributed by atoms with E-state index in [-0.39, 0.29) is 11.6 Å². The molecule has 0 aliphatic rings. The minimum Gasteiger partial charge on any atom is -0.495 e. The fourth-order valence-corrected chi connectivity index (χ4v) is 3.59. The summed E-state index contributed by atoms with van der Waals surface area (Å²) in [5.74, 6) is -0.313. The maximum Gasteiger partial charge on any atom is 0.339 e. The molecular weight excluding hydrogens is 460 g/mol. The molecule has 10 heteroatoms. The Kier molecular flexibility index (Phi) is 6.56. The molecule has 3 heterocycles. The summed E-state index contributed by atoms with van der Waals surface area (Å²) in [6.07, 6.45) is 3.09. The van der Waals surface area contributed by atoms with Crippen LogP contribution in [0.15, 0.2) is 47.2 Å². The van der Waals surface area contributed by atoms with Crippen LogP contribution >= 0.6 is 11.6 Å². The van der Waals surface area contributed by atoms with Crippen LogP contribution in [0.4, 0.5) is 5.69 Å². The number of hydrogen-bond acceptors (Lipinski definition) is 7. The SMILES string of the molecule is COc1cc(Cl)c(C)cc1NC(=O)COC(=O)c1cc(-c2ccco2)nc2c1cnn2C(C)C. The van der Waals surface area contributed by atoms with Gasteiger partial charge < -0.3 is 19.2 Å². The van der Waals surface area contributed by atoms with Gasteiger partial charge in [0.15, 0.2) is 18.0 Å². The average Bonchev–Trinajstić information content (AvgIpc) is 3.49. The third-order valence-electron chi connectivity index (χ3n) is 5.14. The van der Waals surface area contributed by atoms with Crippen molar-refractivity contribution < 1.29 is 23.5 Å². The van der Waals surface area contributed by atoms with Gasteiger partial charge in [0.1, 0.15) is 11.4 Å². The molecule has 4 aromatic rings. The molecule has 0 saturated carbocycles. The van der Waals surface area contributed by atoms with E-state index in [0.29, 0.717) is 38.9 Å². The highest BCUT2D eigenvalue weighted by Crippen LogP contribution is 2.31. The van der Waals surface area contributed by atoms with Crippen LogP contribution in [0.25, 0.3) is 22.5 Å². The summed E-state index contributed by atoms with van der Waals surface area (Å²) in [7, 11) is 1.47. The van der Waals surface area contributed by atoms with E-state index in [1.165, 1.54) is 13.4 Å². The molecule has 1 aromatic carbocycles. The van der Waals surface area contributed by atoms with Crippen LogP contribution in [0.1, 0.15) is 35.8 Å². The van der Waals surface area contributed by atoms with E-state index in [2.05, 4.69) is 15.4 Å². The number of fused-ring (bicyclic) bond motifs is 1. The van der Waals surface area contributed by atoms with E-state index in [0.717, 1.165) is 5.56 Å². The molecule has 0 unspecified atom stereocenters. The summed E-state index contributed by atoms with van der Waals surface area (Å²) in [6, 6.07) is 8.35. The number of ether oxygens (including phenoxy) is 2. The normalized spacial score (nSPS) is 11.1. The Morgan fingerprint density at radius 1 is 1.26 bits per heavy atom. The van der Waals surface area contributed by atoms with Crippen molar-refractivity contribution >= 4 is 40.2 Å². The Labute approximate surface area is 200 Å². The zero-order chi connectivity index (χ0) is 24.4. The molecule has 0 atom stereocenters. The van der Waals surface area contributed by atoms with Gasteiger partial charge in [-0.1, -0.05) is 11.6 Å². The summed E-state index contributed by atoms with van der Waals surface area (Å²) < 4.78 is 17.8. The molecular formula is C24H23ClN4O5. The van der Waals surface area contributed by atoms with Gasteiger partial charge in [0.05, 0.1) is 36.2 Å². The first-order valence-electron chi connectivity index (χ1n) is 10.5. The summed E-state index contributed by atoms with van der Waals surface area (Å²) in [4.78, 5) is 30.1. The number of nitrogens with zero attached hydrogens (tertiary/aromatic N) is 3. The lowest BCUT2D eigenvalue weighted by Gasteiger charge is -2.13. The summed E-state index contributed by atoms with van der Waals surface area (Å²) in [6.45, 7) is 5.23. The minimum absolute atomic E-state index is 0.0179. The summed E-state index contributed by atoms with van der Waals surface area (Å²) in [5, 5.41) is 8.07. The number of rotatable bonds is 7. The number of halogens is 1. The van der Waals surface area contributed by atoms with Crippen molar-refractivity contribution in [3.05, 3.63) is 58.9 Å². The number of furan rings is 1. The average molecular weight is 483 g/mol.